The summed E-state index contributed by atoms with van der Waals surface area (Å²) in [5, 5.41) is 22.8. The van der Waals surface area contributed by atoms with Crippen LogP contribution in [0.5, 0.6) is 0 Å². The number of hydrogen-bond acceptors (Lipinski definition) is 6. The second-order valence-electron chi connectivity index (χ2n) is 10.2. The van der Waals surface area contributed by atoms with Crippen LogP contribution in [0.25, 0.3) is 11.0 Å². The molecule has 4 rings (SSSR count). The molecule has 6 N–H and O–H groups in total. The molecule has 0 aliphatic carbocycles. The minimum atomic E-state index is -1.22. The number of imidazole rings is 1. The number of amides is 2. The van der Waals surface area contributed by atoms with Crippen LogP contribution < -0.4 is 16.4 Å². The summed E-state index contributed by atoms with van der Waals surface area (Å²) < 4.78 is 1.98. The number of anilines is 1. The van der Waals surface area contributed by atoms with E-state index in [2.05, 4.69) is 10.6 Å². The minimum Gasteiger partial charge on any atom is -0.481 e. The van der Waals surface area contributed by atoms with E-state index in [1.807, 2.05) is 46.8 Å². The van der Waals surface area contributed by atoms with Gasteiger partial charge in [-0.05, 0) is 68.7 Å². The molecule has 1 saturated heterocycles. The van der Waals surface area contributed by atoms with Crippen LogP contribution in [0.2, 0.25) is 0 Å². The van der Waals surface area contributed by atoms with Gasteiger partial charge in [-0.1, -0.05) is 6.07 Å². The number of carboxylic acids is 1. The fourth-order valence-corrected chi connectivity index (χ4v) is 4.80. The Morgan fingerprint density at radius 3 is 2.44 bits per heavy atom. The van der Waals surface area contributed by atoms with Gasteiger partial charge in [-0.25, -0.2) is 4.98 Å². The van der Waals surface area contributed by atoms with E-state index in [-0.39, 0.29) is 18.3 Å². The molecule has 3 aromatic rings. The molecule has 2 atom stereocenters. The summed E-state index contributed by atoms with van der Waals surface area (Å²) in [7, 11) is 1.92. The monoisotopic (exact) mass is 533 g/mol. The molecule has 206 valence electrons. The first-order valence-corrected chi connectivity index (χ1v) is 13.0. The van der Waals surface area contributed by atoms with Crippen molar-refractivity contribution in [2.75, 3.05) is 25.0 Å². The third-order valence-electron chi connectivity index (χ3n) is 7.50. The van der Waals surface area contributed by atoms with E-state index in [1.165, 1.54) is 6.92 Å². The Balaban J connectivity index is 1.60. The smallest absolute Gasteiger partial charge is 0.315 e. The van der Waals surface area contributed by atoms with Gasteiger partial charge in [-0.2, -0.15) is 0 Å². The summed E-state index contributed by atoms with van der Waals surface area (Å²) in [5.41, 5.74) is 8.25. The van der Waals surface area contributed by atoms with Gasteiger partial charge in [-0.3, -0.25) is 19.8 Å². The number of carbonyl (C=O) groups is 3. The largest absolute Gasteiger partial charge is 0.481 e. The van der Waals surface area contributed by atoms with Crippen LogP contribution in [0.15, 0.2) is 42.5 Å². The van der Waals surface area contributed by atoms with Crippen molar-refractivity contribution in [2.24, 2.45) is 18.7 Å². The van der Waals surface area contributed by atoms with Gasteiger partial charge >= 0.3 is 5.97 Å². The summed E-state index contributed by atoms with van der Waals surface area (Å²) in [6.07, 6.45) is 1.86. The van der Waals surface area contributed by atoms with Crippen molar-refractivity contribution in [2.45, 2.75) is 38.6 Å². The number of carboxylic acid groups (broad SMARTS) is 1. The lowest BCUT2D eigenvalue weighted by Crippen LogP contribution is -2.51. The topological polar surface area (TPSA) is 166 Å². The Kier molecular flexibility index (Phi) is 7.89. The van der Waals surface area contributed by atoms with Crippen LogP contribution in [0.3, 0.4) is 0 Å². The summed E-state index contributed by atoms with van der Waals surface area (Å²) in [6, 6.07) is 12.9. The number of fused-ring (bicyclic) bond motifs is 1. The lowest BCUT2D eigenvalue weighted by atomic mass is 9.80. The predicted octanol–water partition coefficient (Wildman–Crippen LogP) is 2.19. The zero-order valence-electron chi connectivity index (χ0n) is 22.5. The maximum atomic E-state index is 13.7. The number of nitrogens with one attached hydrogen (secondary N) is 3. The van der Waals surface area contributed by atoms with Gasteiger partial charge in [-0.15, -0.1) is 0 Å². The van der Waals surface area contributed by atoms with Gasteiger partial charge in [0, 0.05) is 37.9 Å². The van der Waals surface area contributed by atoms with Gasteiger partial charge in [0.2, 0.25) is 11.8 Å². The Bertz CT molecular complexity index is 1410. The second kappa shape index (κ2) is 11.1. The predicted molar refractivity (Wildman–Crippen MR) is 148 cm³/mol. The van der Waals surface area contributed by atoms with Gasteiger partial charge in [0.25, 0.3) is 0 Å². The van der Waals surface area contributed by atoms with Gasteiger partial charge in [0.15, 0.2) is 0 Å². The Morgan fingerprint density at radius 2 is 1.82 bits per heavy atom. The molecule has 39 heavy (non-hydrogen) atoms. The molecule has 1 aliphatic rings. The van der Waals surface area contributed by atoms with Crippen molar-refractivity contribution in [3.63, 3.8) is 0 Å². The van der Waals surface area contributed by atoms with E-state index in [0.29, 0.717) is 36.3 Å². The van der Waals surface area contributed by atoms with Crippen molar-refractivity contribution in [3.8, 4) is 0 Å². The Labute approximate surface area is 226 Å². The number of nitrogen functional groups attached to an aromatic ring is 1. The Hall–Kier alpha value is -4.41. The first-order valence-electron chi connectivity index (χ1n) is 13.0. The number of carbonyl (C=O) groups excluding carboxylic acids is 2. The molecule has 11 heteroatoms. The molecule has 1 aliphatic heterocycles. The fourth-order valence-electron chi connectivity index (χ4n) is 4.80. The second-order valence-corrected chi connectivity index (χ2v) is 10.2. The molecule has 0 radical (unpaired) electrons. The Morgan fingerprint density at radius 1 is 1.15 bits per heavy atom. The first-order chi connectivity index (χ1) is 18.5. The molecule has 2 heterocycles. The van der Waals surface area contributed by atoms with Gasteiger partial charge < -0.3 is 30.9 Å². The minimum absolute atomic E-state index is 0.0129. The molecule has 0 saturated carbocycles. The zero-order valence-corrected chi connectivity index (χ0v) is 22.5. The quantitative estimate of drug-likeness (QED) is 0.151. The third kappa shape index (κ3) is 5.71. The lowest BCUT2D eigenvalue weighted by molar-refractivity contribution is -0.146. The number of likely N-dealkylation sites (tertiary alicyclic amines) is 1. The number of nitrogens with zero attached hydrogens (tertiary/aromatic N) is 3. The summed E-state index contributed by atoms with van der Waals surface area (Å²) in [5.74, 6) is -2.37. The number of aryl methyl sites for hydroxylation is 1. The fraction of sp³-hybridized carbons (Fsp3) is 0.393. The third-order valence-corrected chi connectivity index (χ3v) is 7.50. The van der Waals surface area contributed by atoms with Crippen LogP contribution in [0, 0.1) is 11.3 Å². The molecule has 11 nitrogen and oxygen atoms in total. The maximum absolute atomic E-state index is 13.7. The number of amidine groups is 1. The van der Waals surface area contributed by atoms with Crippen molar-refractivity contribution in [1.82, 2.24) is 19.8 Å². The normalized spacial score (nSPS) is 15.5. The highest BCUT2D eigenvalue weighted by molar-refractivity contribution is 5.97. The van der Waals surface area contributed by atoms with Crippen LogP contribution in [0.4, 0.5) is 5.69 Å². The number of benzene rings is 2. The molecule has 1 aromatic heterocycles. The molecular formula is C28H35N7O4. The van der Waals surface area contributed by atoms with Crippen LogP contribution in [-0.2, 0) is 33.4 Å². The highest BCUT2D eigenvalue weighted by Crippen LogP contribution is 2.31. The molecule has 1 fully saturated rings. The summed E-state index contributed by atoms with van der Waals surface area (Å²) >= 11 is 0. The molecule has 2 amide bonds. The number of rotatable bonds is 10. The average molecular weight is 534 g/mol. The van der Waals surface area contributed by atoms with Crippen LogP contribution in [-0.4, -0.2) is 62.8 Å². The van der Waals surface area contributed by atoms with Crippen LogP contribution in [0.1, 0.15) is 43.6 Å². The molecule has 2 aromatic carbocycles. The SMILES string of the molecule is CC(C(=O)O)C(=O)NCC(C)(C(=O)N1CCCC1)c1ccc2c(c1)nc(CNc1ccc(C(=N)N)cc1)n2C. The molecular weight excluding hydrogens is 498 g/mol. The number of aliphatic carboxylic acids is 1. The van der Waals surface area contributed by atoms with Gasteiger partial charge in [0.1, 0.15) is 17.6 Å². The van der Waals surface area contributed by atoms with Gasteiger partial charge in [0.05, 0.1) is 23.0 Å². The molecule has 0 bridgehead atoms. The van der Waals surface area contributed by atoms with E-state index in [1.54, 1.807) is 19.1 Å². The van der Waals surface area contributed by atoms with Crippen molar-refractivity contribution in [3.05, 3.63) is 59.4 Å². The summed E-state index contributed by atoms with van der Waals surface area (Å²) in [6.45, 7) is 4.85. The van der Waals surface area contributed by atoms with Crippen molar-refractivity contribution in [1.29, 1.82) is 5.41 Å². The summed E-state index contributed by atoms with van der Waals surface area (Å²) in [4.78, 5) is 44.1. The first kappa shape index (κ1) is 27.6. The highest BCUT2D eigenvalue weighted by Gasteiger charge is 2.40. The maximum Gasteiger partial charge on any atom is 0.315 e. The standard InChI is InChI=1S/C28H35N7O4/c1-17(26(37)38)25(36)32-16-28(2,27(39)35-12-4-5-13-35)19-8-11-22-21(14-19)33-23(34(22)3)15-31-20-9-6-18(7-10-20)24(29)30/h6-11,14,17,31H,4-5,12-13,15-16H2,1-3H3,(H3,29,30)(H,32,36)(H,37,38). The van der Waals surface area contributed by atoms with Crippen molar-refractivity contribution < 1.29 is 19.5 Å². The van der Waals surface area contributed by atoms with E-state index in [0.717, 1.165) is 29.9 Å². The van der Waals surface area contributed by atoms with Crippen LogP contribution >= 0.6 is 0 Å². The van der Waals surface area contributed by atoms with E-state index in [4.69, 9.17) is 16.1 Å². The van der Waals surface area contributed by atoms with Crippen molar-refractivity contribution >= 4 is 40.3 Å². The van der Waals surface area contributed by atoms with E-state index in [9.17, 15) is 19.5 Å². The van der Waals surface area contributed by atoms with E-state index >= 15 is 0 Å². The molecule has 0 spiro atoms. The lowest BCUT2D eigenvalue weighted by Gasteiger charge is -2.33. The number of nitrogens with two attached hydrogens (primary N) is 1. The van der Waals surface area contributed by atoms with E-state index < -0.39 is 23.2 Å². The molecule has 2 unspecified atom stereocenters. The average Bonchev–Trinajstić information content (AvgIpc) is 3.57. The number of hydrogen-bond donors (Lipinski definition) is 5. The highest BCUT2D eigenvalue weighted by atomic mass is 16.4. The number of aromatic nitrogens is 2. The zero-order chi connectivity index (χ0) is 28.3.